The second-order valence-corrected chi connectivity index (χ2v) is 13.6. The lowest BCUT2D eigenvalue weighted by molar-refractivity contribution is 0.0778. The molecule has 0 unspecified atom stereocenters. The summed E-state index contributed by atoms with van der Waals surface area (Å²) >= 11 is 0. The Labute approximate surface area is 250 Å². The minimum Gasteiger partial charge on any atom is -0.455 e. The van der Waals surface area contributed by atoms with Crippen LogP contribution in [0.15, 0.2) is 65.1 Å². The van der Waals surface area contributed by atoms with Gasteiger partial charge >= 0.3 is 0 Å². The predicted molar refractivity (Wildman–Crippen MR) is 164 cm³/mol. The van der Waals surface area contributed by atoms with Crippen molar-refractivity contribution in [2.75, 3.05) is 36.9 Å². The van der Waals surface area contributed by atoms with Gasteiger partial charge in [-0.05, 0) is 59.9 Å². The van der Waals surface area contributed by atoms with Crippen molar-refractivity contribution >= 4 is 38.4 Å². The summed E-state index contributed by atoms with van der Waals surface area (Å²) in [6.45, 7) is 5.82. The average Bonchev–Trinajstić information content (AvgIpc) is 3.53. The zero-order valence-electron chi connectivity index (χ0n) is 24.6. The summed E-state index contributed by atoms with van der Waals surface area (Å²) < 4.78 is 60.4. The van der Waals surface area contributed by atoms with Gasteiger partial charge in [0.25, 0.3) is 5.91 Å². The van der Waals surface area contributed by atoms with Crippen molar-refractivity contribution in [3.63, 3.8) is 0 Å². The quantitative estimate of drug-likeness (QED) is 0.189. The number of rotatable bonds is 9. The highest BCUT2D eigenvalue weighted by Gasteiger charge is 2.33. The third-order valence-electron chi connectivity index (χ3n) is 7.85. The molecule has 43 heavy (non-hydrogen) atoms. The third-order valence-corrected chi connectivity index (χ3v) is 9.03. The highest BCUT2D eigenvalue weighted by atomic mass is 32.2. The number of alkyl halides is 1. The highest BCUT2D eigenvalue weighted by molar-refractivity contribution is 7.92. The van der Waals surface area contributed by atoms with Crippen LogP contribution in [0.5, 0.6) is 0 Å². The number of halogens is 2. The molecule has 226 valence electrons. The molecule has 1 saturated heterocycles. The Morgan fingerprint density at radius 2 is 1.77 bits per heavy atom. The lowest BCUT2D eigenvalue weighted by Crippen LogP contribution is -2.32. The molecule has 1 amide bonds. The van der Waals surface area contributed by atoms with Gasteiger partial charge in [0.1, 0.15) is 23.8 Å². The van der Waals surface area contributed by atoms with Crippen LogP contribution >= 0.6 is 0 Å². The minimum absolute atomic E-state index is 0.0134. The Bertz CT molecular complexity index is 1810. The standard InChI is InChI=1S/C33H34F2N2O5S/c1-5-28(38)30-26-18-25(22-7-6-8-23(17-22)32(39)36-15-13-33(2,3)20-36)27(37(16-14-34)43(4,40)41)19-29(26)42-31(30)21-9-11-24(35)12-10-21/h6-12,17-19H,5,13-16,20H2,1-4H3. The summed E-state index contributed by atoms with van der Waals surface area (Å²) in [7, 11) is -3.95. The minimum atomic E-state index is -3.95. The number of hydrogen-bond acceptors (Lipinski definition) is 5. The van der Waals surface area contributed by atoms with Gasteiger partial charge in [-0.25, -0.2) is 17.2 Å². The van der Waals surface area contributed by atoms with Crippen molar-refractivity contribution in [1.29, 1.82) is 0 Å². The van der Waals surface area contributed by atoms with Gasteiger partial charge in [-0.1, -0.05) is 32.9 Å². The van der Waals surface area contributed by atoms with Crippen LogP contribution in [0.3, 0.4) is 0 Å². The molecule has 4 aromatic rings. The Kier molecular flexibility index (Phi) is 8.17. The second kappa shape index (κ2) is 11.6. The van der Waals surface area contributed by atoms with E-state index >= 15 is 0 Å². The Balaban J connectivity index is 1.75. The molecule has 5 rings (SSSR count). The number of fused-ring (bicyclic) bond motifs is 1. The fourth-order valence-corrected chi connectivity index (χ4v) is 6.57. The molecule has 3 aromatic carbocycles. The molecule has 1 aliphatic rings. The van der Waals surface area contributed by atoms with E-state index in [1.54, 1.807) is 42.2 Å². The maximum absolute atomic E-state index is 13.7. The highest BCUT2D eigenvalue weighted by Crippen LogP contribution is 2.42. The van der Waals surface area contributed by atoms with Crippen LogP contribution in [0.4, 0.5) is 14.5 Å². The van der Waals surface area contributed by atoms with E-state index in [9.17, 15) is 26.8 Å². The van der Waals surface area contributed by atoms with Crippen molar-refractivity contribution in [1.82, 2.24) is 4.90 Å². The molecule has 0 bridgehead atoms. The van der Waals surface area contributed by atoms with Crippen LogP contribution in [-0.4, -0.2) is 57.6 Å². The van der Waals surface area contributed by atoms with Gasteiger partial charge in [-0.15, -0.1) is 0 Å². The van der Waals surface area contributed by atoms with E-state index in [4.69, 9.17) is 4.42 Å². The van der Waals surface area contributed by atoms with E-state index < -0.39 is 29.1 Å². The summed E-state index contributed by atoms with van der Waals surface area (Å²) in [5.74, 6) is -0.583. The number of carbonyl (C=O) groups excluding carboxylic acids is 2. The zero-order chi connectivity index (χ0) is 31.1. The first-order valence-corrected chi connectivity index (χ1v) is 16.0. The van der Waals surface area contributed by atoms with Crippen molar-refractivity contribution in [3.05, 3.63) is 77.6 Å². The predicted octanol–water partition coefficient (Wildman–Crippen LogP) is 7.11. The molecular weight excluding hydrogens is 574 g/mol. The number of amides is 1. The van der Waals surface area contributed by atoms with Crippen LogP contribution < -0.4 is 4.31 Å². The topological polar surface area (TPSA) is 87.9 Å². The first-order valence-electron chi connectivity index (χ1n) is 14.2. The van der Waals surface area contributed by atoms with Crippen molar-refractivity contribution in [3.8, 4) is 22.5 Å². The number of furan rings is 1. The zero-order valence-corrected chi connectivity index (χ0v) is 25.4. The number of benzene rings is 3. The molecule has 0 N–H and O–H groups in total. The third kappa shape index (κ3) is 6.06. The molecule has 0 spiro atoms. The Hall–Kier alpha value is -4.05. The van der Waals surface area contributed by atoms with Gasteiger partial charge in [0.15, 0.2) is 5.78 Å². The Morgan fingerprint density at radius 3 is 2.37 bits per heavy atom. The normalized spacial score (nSPS) is 14.8. The molecule has 0 radical (unpaired) electrons. The van der Waals surface area contributed by atoms with Crippen molar-refractivity contribution in [2.24, 2.45) is 5.41 Å². The molecule has 1 aliphatic heterocycles. The van der Waals surface area contributed by atoms with E-state index in [1.807, 2.05) is 0 Å². The molecule has 1 aromatic heterocycles. The van der Waals surface area contributed by atoms with E-state index in [-0.39, 0.29) is 46.1 Å². The van der Waals surface area contributed by atoms with Crippen LogP contribution in [-0.2, 0) is 10.0 Å². The van der Waals surface area contributed by atoms with E-state index in [2.05, 4.69) is 13.8 Å². The number of ketones is 1. The number of carbonyl (C=O) groups is 2. The maximum Gasteiger partial charge on any atom is 0.253 e. The number of nitrogens with zero attached hydrogens (tertiary/aromatic N) is 2. The van der Waals surface area contributed by atoms with E-state index in [0.717, 1.165) is 17.0 Å². The molecule has 10 heteroatoms. The molecule has 7 nitrogen and oxygen atoms in total. The number of hydrogen-bond donors (Lipinski definition) is 0. The van der Waals surface area contributed by atoms with Crippen LogP contribution in [0, 0.1) is 11.2 Å². The largest absolute Gasteiger partial charge is 0.455 e. The summed E-state index contributed by atoms with van der Waals surface area (Å²) in [5.41, 5.74) is 2.47. The van der Waals surface area contributed by atoms with Gasteiger partial charge in [0.2, 0.25) is 10.0 Å². The monoisotopic (exact) mass is 608 g/mol. The molecule has 1 fully saturated rings. The number of sulfonamides is 1. The van der Waals surface area contributed by atoms with Crippen LogP contribution in [0.1, 0.15) is 54.3 Å². The van der Waals surface area contributed by atoms with Crippen LogP contribution in [0.2, 0.25) is 0 Å². The summed E-state index contributed by atoms with van der Waals surface area (Å²) in [6.07, 6.45) is 2.04. The fraction of sp³-hybridized carbons (Fsp3) is 0.333. The smallest absolute Gasteiger partial charge is 0.253 e. The fourth-order valence-electron chi connectivity index (χ4n) is 5.66. The first kappa shape index (κ1) is 30.4. The second-order valence-electron chi connectivity index (χ2n) is 11.7. The molecule has 0 aliphatic carbocycles. The Morgan fingerprint density at radius 1 is 1.05 bits per heavy atom. The number of Topliss-reactive ketones (excluding diaryl/α,β-unsaturated/α-hetero) is 1. The maximum atomic E-state index is 13.7. The first-order chi connectivity index (χ1) is 20.3. The molecule has 2 heterocycles. The molecular formula is C33H34F2N2O5S. The summed E-state index contributed by atoms with van der Waals surface area (Å²) in [6, 6.07) is 15.5. The SMILES string of the molecule is CCC(=O)c1c(-c2ccc(F)cc2)oc2cc(N(CCF)S(C)(=O)=O)c(-c3cccc(C(=O)N4CCC(C)(C)C4)c3)cc12. The summed E-state index contributed by atoms with van der Waals surface area (Å²) in [5, 5.41) is 0.427. The number of likely N-dealkylation sites (tertiary alicyclic amines) is 1. The van der Waals surface area contributed by atoms with E-state index in [1.165, 1.54) is 30.3 Å². The number of anilines is 1. The average molecular weight is 609 g/mol. The lowest BCUT2D eigenvalue weighted by Gasteiger charge is -2.24. The van der Waals surface area contributed by atoms with Crippen LogP contribution in [0.25, 0.3) is 33.4 Å². The van der Waals surface area contributed by atoms with Gasteiger partial charge in [0, 0.05) is 47.7 Å². The lowest BCUT2D eigenvalue weighted by atomic mass is 9.93. The van der Waals surface area contributed by atoms with Crippen molar-refractivity contribution in [2.45, 2.75) is 33.6 Å². The van der Waals surface area contributed by atoms with Gasteiger partial charge in [-0.2, -0.15) is 0 Å². The molecule has 0 saturated carbocycles. The van der Waals surface area contributed by atoms with Gasteiger partial charge in [-0.3, -0.25) is 13.9 Å². The van der Waals surface area contributed by atoms with E-state index in [0.29, 0.717) is 40.7 Å². The van der Waals surface area contributed by atoms with Crippen molar-refractivity contribution < 1.29 is 31.2 Å². The van der Waals surface area contributed by atoms with Gasteiger partial charge in [0.05, 0.1) is 24.1 Å². The summed E-state index contributed by atoms with van der Waals surface area (Å²) in [4.78, 5) is 28.5. The molecule has 0 atom stereocenters. The van der Waals surface area contributed by atoms with Gasteiger partial charge < -0.3 is 9.32 Å².